The van der Waals surface area contributed by atoms with E-state index in [-0.39, 0.29) is 16.4 Å². The number of anilines is 2. The molecule has 3 aromatic carbocycles. The minimum atomic E-state index is -3.77. The second-order valence-electron chi connectivity index (χ2n) is 5.32. The van der Waals surface area contributed by atoms with E-state index in [4.69, 9.17) is 0 Å². The van der Waals surface area contributed by atoms with Gasteiger partial charge in [0.15, 0.2) is 0 Å². The van der Waals surface area contributed by atoms with Gasteiger partial charge in [0.25, 0.3) is 15.9 Å². The first kappa shape index (κ1) is 16.7. The van der Waals surface area contributed by atoms with E-state index in [1.165, 1.54) is 12.1 Å². The maximum Gasteiger partial charge on any atom is 0.261 e. The minimum absolute atomic E-state index is 0.0251. The van der Waals surface area contributed by atoms with Crippen LogP contribution in [0.5, 0.6) is 0 Å². The Balaban J connectivity index is 1.82. The second kappa shape index (κ2) is 7.19. The summed E-state index contributed by atoms with van der Waals surface area (Å²) in [4.78, 5) is 12.4. The van der Waals surface area contributed by atoms with Crippen LogP contribution in [-0.4, -0.2) is 14.3 Å². The molecule has 5 nitrogen and oxygen atoms in total. The minimum Gasteiger partial charge on any atom is -0.322 e. The SMILES string of the molecule is O=C(Nc1ccccc1)c1cccc(S(=O)(=O)Nc2ccccc2)c1. The molecule has 0 spiro atoms. The lowest BCUT2D eigenvalue weighted by Crippen LogP contribution is -2.15. The standard InChI is InChI=1S/C19H16N2O3S/c22-19(20-16-9-3-1-4-10-16)15-8-7-13-18(14-15)25(23,24)21-17-11-5-2-6-12-17/h1-14,21H,(H,20,22). The van der Waals surface area contributed by atoms with Crippen LogP contribution in [0.1, 0.15) is 10.4 Å². The molecule has 1 amide bonds. The van der Waals surface area contributed by atoms with E-state index in [2.05, 4.69) is 10.0 Å². The van der Waals surface area contributed by atoms with E-state index in [0.29, 0.717) is 11.4 Å². The molecule has 3 aromatic rings. The summed E-state index contributed by atoms with van der Waals surface area (Å²) in [6.07, 6.45) is 0. The molecule has 3 rings (SSSR count). The average Bonchev–Trinajstić information content (AvgIpc) is 2.63. The molecular formula is C19H16N2O3S. The highest BCUT2D eigenvalue weighted by molar-refractivity contribution is 7.92. The Bertz CT molecular complexity index is 972. The number of amides is 1. The van der Waals surface area contributed by atoms with Crippen molar-refractivity contribution in [2.45, 2.75) is 4.90 Å². The van der Waals surface area contributed by atoms with Crippen LogP contribution in [-0.2, 0) is 10.0 Å². The number of hydrogen-bond acceptors (Lipinski definition) is 3. The van der Waals surface area contributed by atoms with Crippen molar-refractivity contribution in [2.24, 2.45) is 0 Å². The van der Waals surface area contributed by atoms with Crippen molar-refractivity contribution in [3.63, 3.8) is 0 Å². The predicted molar refractivity (Wildman–Crippen MR) is 98.1 cm³/mol. The van der Waals surface area contributed by atoms with Crippen molar-refractivity contribution in [3.8, 4) is 0 Å². The number of benzene rings is 3. The van der Waals surface area contributed by atoms with Gasteiger partial charge in [0.1, 0.15) is 0 Å². The fourth-order valence-corrected chi connectivity index (χ4v) is 3.35. The van der Waals surface area contributed by atoms with Crippen LogP contribution in [0.25, 0.3) is 0 Å². The number of rotatable bonds is 5. The molecule has 0 aliphatic rings. The van der Waals surface area contributed by atoms with E-state index in [0.717, 1.165) is 0 Å². The van der Waals surface area contributed by atoms with Gasteiger partial charge in [0, 0.05) is 16.9 Å². The maximum atomic E-state index is 12.5. The third-order valence-electron chi connectivity index (χ3n) is 3.46. The van der Waals surface area contributed by atoms with Gasteiger partial charge in [0.05, 0.1) is 4.90 Å². The number of nitrogens with one attached hydrogen (secondary N) is 2. The Morgan fingerprint density at radius 3 is 1.96 bits per heavy atom. The molecule has 2 N–H and O–H groups in total. The highest BCUT2D eigenvalue weighted by atomic mass is 32.2. The highest BCUT2D eigenvalue weighted by Gasteiger charge is 2.16. The maximum absolute atomic E-state index is 12.5. The Hall–Kier alpha value is -3.12. The number of sulfonamides is 1. The topological polar surface area (TPSA) is 75.3 Å². The molecule has 0 bridgehead atoms. The van der Waals surface area contributed by atoms with Gasteiger partial charge in [-0.15, -0.1) is 0 Å². The summed E-state index contributed by atoms with van der Waals surface area (Å²) < 4.78 is 27.5. The lowest BCUT2D eigenvalue weighted by molar-refractivity contribution is 0.102. The first-order chi connectivity index (χ1) is 12.0. The van der Waals surface area contributed by atoms with Crippen LogP contribution in [0.3, 0.4) is 0 Å². The van der Waals surface area contributed by atoms with E-state index in [1.807, 2.05) is 6.07 Å². The molecule has 0 atom stereocenters. The van der Waals surface area contributed by atoms with Crippen LogP contribution in [0.4, 0.5) is 11.4 Å². The van der Waals surface area contributed by atoms with Crippen molar-refractivity contribution in [1.29, 1.82) is 0 Å². The van der Waals surface area contributed by atoms with Gasteiger partial charge < -0.3 is 5.32 Å². The molecule has 0 fully saturated rings. The summed E-state index contributed by atoms with van der Waals surface area (Å²) in [6, 6.07) is 23.5. The predicted octanol–water partition coefficient (Wildman–Crippen LogP) is 3.74. The zero-order chi connectivity index (χ0) is 17.7. The molecule has 6 heteroatoms. The third kappa shape index (κ3) is 4.24. The van der Waals surface area contributed by atoms with Gasteiger partial charge in [0.2, 0.25) is 0 Å². The van der Waals surface area contributed by atoms with E-state index >= 15 is 0 Å². The van der Waals surface area contributed by atoms with E-state index in [9.17, 15) is 13.2 Å². The Morgan fingerprint density at radius 2 is 1.32 bits per heavy atom. The summed E-state index contributed by atoms with van der Waals surface area (Å²) in [5.41, 5.74) is 1.37. The van der Waals surface area contributed by atoms with Gasteiger partial charge in [-0.25, -0.2) is 8.42 Å². The zero-order valence-electron chi connectivity index (χ0n) is 13.2. The third-order valence-corrected chi connectivity index (χ3v) is 4.84. The largest absolute Gasteiger partial charge is 0.322 e. The normalized spacial score (nSPS) is 10.9. The lowest BCUT2D eigenvalue weighted by atomic mass is 10.2. The summed E-state index contributed by atoms with van der Waals surface area (Å²) in [7, 11) is -3.77. The number of carbonyl (C=O) groups excluding carboxylic acids is 1. The van der Waals surface area contributed by atoms with Gasteiger partial charge in [-0.2, -0.15) is 0 Å². The first-order valence-electron chi connectivity index (χ1n) is 7.59. The molecule has 126 valence electrons. The molecule has 0 aromatic heterocycles. The molecule has 0 saturated heterocycles. The smallest absolute Gasteiger partial charge is 0.261 e. The number of para-hydroxylation sites is 2. The molecular weight excluding hydrogens is 336 g/mol. The zero-order valence-corrected chi connectivity index (χ0v) is 14.0. The molecule has 0 aliphatic carbocycles. The summed E-state index contributed by atoms with van der Waals surface area (Å²) in [5, 5.41) is 2.73. The van der Waals surface area contributed by atoms with Crippen LogP contribution in [0.15, 0.2) is 89.8 Å². The van der Waals surface area contributed by atoms with Gasteiger partial charge >= 0.3 is 0 Å². The molecule has 0 saturated carbocycles. The molecule has 0 unspecified atom stereocenters. The van der Waals surface area contributed by atoms with Crippen molar-refractivity contribution in [2.75, 3.05) is 10.0 Å². The average molecular weight is 352 g/mol. The van der Waals surface area contributed by atoms with E-state index < -0.39 is 10.0 Å². The first-order valence-corrected chi connectivity index (χ1v) is 9.07. The van der Waals surface area contributed by atoms with E-state index in [1.54, 1.807) is 66.7 Å². The highest BCUT2D eigenvalue weighted by Crippen LogP contribution is 2.18. The number of hydrogen-bond donors (Lipinski definition) is 2. The summed E-state index contributed by atoms with van der Waals surface area (Å²) in [5.74, 6) is -0.372. The molecule has 0 radical (unpaired) electrons. The van der Waals surface area contributed by atoms with Gasteiger partial charge in [-0.3, -0.25) is 9.52 Å². The van der Waals surface area contributed by atoms with Gasteiger partial charge in [-0.05, 0) is 42.5 Å². The van der Waals surface area contributed by atoms with Crippen molar-refractivity contribution >= 4 is 27.3 Å². The van der Waals surface area contributed by atoms with Gasteiger partial charge in [-0.1, -0.05) is 42.5 Å². The quantitative estimate of drug-likeness (QED) is 0.734. The van der Waals surface area contributed by atoms with Crippen LogP contribution in [0, 0.1) is 0 Å². The van der Waals surface area contributed by atoms with Crippen LogP contribution >= 0.6 is 0 Å². The van der Waals surface area contributed by atoms with Crippen molar-refractivity contribution in [3.05, 3.63) is 90.5 Å². The monoisotopic (exact) mass is 352 g/mol. The number of carbonyl (C=O) groups is 1. The molecule has 0 aliphatic heterocycles. The van der Waals surface area contributed by atoms with Crippen molar-refractivity contribution < 1.29 is 13.2 Å². The molecule has 25 heavy (non-hydrogen) atoms. The Morgan fingerprint density at radius 1 is 0.720 bits per heavy atom. The van der Waals surface area contributed by atoms with Crippen molar-refractivity contribution in [1.82, 2.24) is 0 Å². The Labute approximate surface area is 146 Å². The Kier molecular flexibility index (Phi) is 4.81. The van der Waals surface area contributed by atoms with Crippen LogP contribution < -0.4 is 10.0 Å². The fourth-order valence-electron chi connectivity index (χ4n) is 2.25. The lowest BCUT2D eigenvalue weighted by Gasteiger charge is -2.10. The second-order valence-corrected chi connectivity index (χ2v) is 7.00. The van der Waals surface area contributed by atoms with Crippen LogP contribution in [0.2, 0.25) is 0 Å². The summed E-state index contributed by atoms with van der Waals surface area (Å²) in [6.45, 7) is 0. The molecule has 0 heterocycles. The fraction of sp³-hybridized carbons (Fsp3) is 0. The summed E-state index contributed by atoms with van der Waals surface area (Å²) >= 11 is 0.